The molecule has 1 aliphatic carbocycles. The molecule has 1 aromatic heterocycles. The lowest BCUT2D eigenvalue weighted by molar-refractivity contribution is -0.142. The van der Waals surface area contributed by atoms with Crippen LogP contribution in [0.5, 0.6) is 11.6 Å². The summed E-state index contributed by atoms with van der Waals surface area (Å²) < 4.78 is 38.6. The molecular formula is C37H45FN2O6. The Bertz CT molecular complexity index is 1530. The van der Waals surface area contributed by atoms with Gasteiger partial charge in [0.1, 0.15) is 17.7 Å². The molecule has 2 aromatic carbocycles. The predicted octanol–water partition coefficient (Wildman–Crippen LogP) is 6.80. The van der Waals surface area contributed by atoms with Crippen LogP contribution in [0.3, 0.4) is 0 Å². The van der Waals surface area contributed by atoms with E-state index in [0.717, 1.165) is 72.1 Å². The average Bonchev–Trinajstić information content (AvgIpc) is 3.83. The molecule has 46 heavy (non-hydrogen) atoms. The predicted molar refractivity (Wildman–Crippen MR) is 173 cm³/mol. The molecule has 2 fully saturated rings. The fraction of sp³-hybridized carbons (Fsp3) is 0.514. The molecule has 2 aliphatic heterocycles. The molecular weight excluding hydrogens is 587 g/mol. The van der Waals surface area contributed by atoms with Gasteiger partial charge in [0.05, 0.1) is 32.4 Å². The molecule has 1 unspecified atom stereocenters. The number of aryl methyl sites for hydroxylation is 1. The molecule has 246 valence electrons. The summed E-state index contributed by atoms with van der Waals surface area (Å²) in [4.78, 5) is 18.4. The smallest absolute Gasteiger partial charge is 0.306 e. The van der Waals surface area contributed by atoms with Crippen LogP contribution in [0.15, 0.2) is 48.7 Å². The van der Waals surface area contributed by atoms with Crippen molar-refractivity contribution in [2.24, 2.45) is 11.8 Å². The zero-order chi connectivity index (χ0) is 32.4. The van der Waals surface area contributed by atoms with E-state index in [1.807, 2.05) is 19.1 Å². The van der Waals surface area contributed by atoms with Crippen molar-refractivity contribution in [2.45, 2.75) is 76.1 Å². The highest BCUT2D eigenvalue weighted by Crippen LogP contribution is 2.48. The second-order valence-electron chi connectivity index (χ2n) is 13.1. The van der Waals surface area contributed by atoms with E-state index >= 15 is 4.39 Å². The van der Waals surface area contributed by atoms with Gasteiger partial charge >= 0.3 is 5.97 Å². The summed E-state index contributed by atoms with van der Waals surface area (Å²) >= 11 is 0. The van der Waals surface area contributed by atoms with Crippen molar-refractivity contribution in [3.8, 4) is 22.8 Å². The average molecular weight is 633 g/mol. The third-order valence-corrected chi connectivity index (χ3v) is 10.2. The summed E-state index contributed by atoms with van der Waals surface area (Å²) in [5.41, 5.74) is 5.42. The van der Waals surface area contributed by atoms with Gasteiger partial charge in [-0.25, -0.2) is 9.37 Å². The fourth-order valence-corrected chi connectivity index (χ4v) is 7.56. The van der Waals surface area contributed by atoms with Crippen LogP contribution in [0, 0.1) is 17.7 Å². The summed E-state index contributed by atoms with van der Waals surface area (Å²) in [6.07, 6.45) is 6.82. The van der Waals surface area contributed by atoms with Crippen molar-refractivity contribution in [3.63, 3.8) is 0 Å². The second-order valence-corrected chi connectivity index (χ2v) is 13.1. The molecule has 3 aliphatic rings. The second kappa shape index (κ2) is 14.1. The number of carbonyl (C=O) groups is 1. The van der Waals surface area contributed by atoms with E-state index in [1.54, 1.807) is 20.3 Å². The number of halogens is 1. The highest BCUT2D eigenvalue weighted by molar-refractivity contribution is 5.71. The Labute approximate surface area is 270 Å². The molecule has 6 rings (SSSR count). The van der Waals surface area contributed by atoms with Gasteiger partial charge in [-0.15, -0.1) is 0 Å². The normalized spacial score (nSPS) is 22.6. The number of fused-ring (bicyclic) bond motifs is 1. The first-order valence-corrected chi connectivity index (χ1v) is 16.4. The maximum absolute atomic E-state index is 15.3. The number of hydrogen-bond acceptors (Lipinski definition) is 7. The number of rotatable bonds is 13. The summed E-state index contributed by atoms with van der Waals surface area (Å²) in [5, 5.41) is 9.81. The van der Waals surface area contributed by atoms with Gasteiger partial charge in [0.25, 0.3) is 0 Å². The summed E-state index contributed by atoms with van der Waals surface area (Å²) in [5.74, 6) is -0.0660. The van der Waals surface area contributed by atoms with E-state index in [4.69, 9.17) is 18.9 Å². The zero-order valence-electron chi connectivity index (χ0n) is 27.2. The Kier molecular flexibility index (Phi) is 9.92. The van der Waals surface area contributed by atoms with E-state index < -0.39 is 17.7 Å². The Balaban J connectivity index is 1.35. The molecule has 5 atom stereocenters. The van der Waals surface area contributed by atoms with Gasteiger partial charge in [-0.2, -0.15) is 0 Å². The Morgan fingerprint density at radius 3 is 2.39 bits per heavy atom. The van der Waals surface area contributed by atoms with Gasteiger partial charge < -0.3 is 24.1 Å². The van der Waals surface area contributed by atoms with Crippen LogP contribution in [0.4, 0.5) is 4.39 Å². The maximum Gasteiger partial charge on any atom is 0.306 e. The SMILES string of the molecule is COC[C@@H]1CC[C@@H](COC)N1Cc1cc(C2CCc3ccc([C@H](C4CC4)[C@H](C)C(=O)O)cc3O2)ccc1-c1cc(OC)ncc1F. The Hall–Kier alpha value is -3.53. The number of methoxy groups -OCH3 is 3. The zero-order valence-corrected chi connectivity index (χ0v) is 27.2. The molecule has 1 saturated heterocycles. The van der Waals surface area contributed by atoms with Crippen LogP contribution in [0.2, 0.25) is 0 Å². The lowest BCUT2D eigenvalue weighted by atomic mass is 9.82. The Morgan fingerprint density at radius 1 is 1.00 bits per heavy atom. The summed E-state index contributed by atoms with van der Waals surface area (Å²) in [6, 6.07) is 14.6. The number of pyridine rings is 1. The number of carboxylic acid groups (broad SMARTS) is 1. The third-order valence-electron chi connectivity index (χ3n) is 10.2. The van der Waals surface area contributed by atoms with Crippen molar-refractivity contribution in [1.82, 2.24) is 9.88 Å². The van der Waals surface area contributed by atoms with Crippen LogP contribution in [-0.2, 0) is 27.2 Å². The number of nitrogens with zero attached hydrogens (tertiary/aromatic N) is 2. The van der Waals surface area contributed by atoms with Gasteiger partial charge in [0.15, 0.2) is 0 Å². The van der Waals surface area contributed by atoms with Crippen molar-refractivity contribution < 1.29 is 33.2 Å². The van der Waals surface area contributed by atoms with Crippen molar-refractivity contribution in [1.29, 1.82) is 0 Å². The minimum Gasteiger partial charge on any atom is -0.485 e. The molecule has 1 saturated carbocycles. The maximum atomic E-state index is 15.3. The molecule has 0 amide bonds. The van der Waals surface area contributed by atoms with Crippen LogP contribution < -0.4 is 9.47 Å². The largest absolute Gasteiger partial charge is 0.485 e. The molecule has 8 nitrogen and oxygen atoms in total. The highest BCUT2D eigenvalue weighted by atomic mass is 19.1. The summed E-state index contributed by atoms with van der Waals surface area (Å²) in [7, 11) is 4.98. The topological polar surface area (TPSA) is 90.4 Å². The number of benzene rings is 2. The van der Waals surface area contributed by atoms with E-state index in [9.17, 15) is 9.90 Å². The van der Waals surface area contributed by atoms with Crippen LogP contribution >= 0.6 is 0 Å². The van der Waals surface area contributed by atoms with Crippen molar-refractivity contribution >= 4 is 5.97 Å². The minimum atomic E-state index is -0.761. The number of likely N-dealkylation sites (tertiary alicyclic amines) is 1. The Morgan fingerprint density at radius 2 is 1.74 bits per heavy atom. The van der Waals surface area contributed by atoms with Gasteiger partial charge in [-0.3, -0.25) is 9.69 Å². The molecule has 0 spiro atoms. The van der Waals surface area contributed by atoms with E-state index in [0.29, 0.717) is 37.1 Å². The monoisotopic (exact) mass is 632 g/mol. The molecule has 0 radical (unpaired) electrons. The van der Waals surface area contributed by atoms with Gasteiger partial charge in [-0.05, 0) is 84.2 Å². The lowest BCUT2D eigenvalue weighted by Crippen LogP contribution is -2.40. The van der Waals surface area contributed by atoms with E-state index in [2.05, 4.69) is 34.1 Å². The molecule has 3 aromatic rings. The quantitative estimate of drug-likeness (QED) is 0.220. The minimum absolute atomic E-state index is 0.0227. The number of carboxylic acids is 1. The lowest BCUT2D eigenvalue weighted by Gasteiger charge is -2.32. The van der Waals surface area contributed by atoms with E-state index in [-0.39, 0.29) is 24.1 Å². The van der Waals surface area contributed by atoms with Gasteiger partial charge in [0, 0.05) is 44.5 Å². The first-order chi connectivity index (χ1) is 22.3. The molecule has 3 heterocycles. The highest BCUT2D eigenvalue weighted by Gasteiger charge is 2.39. The number of aliphatic carboxylic acids is 1. The first-order valence-electron chi connectivity index (χ1n) is 16.4. The summed E-state index contributed by atoms with van der Waals surface area (Å²) in [6.45, 7) is 3.63. The van der Waals surface area contributed by atoms with E-state index in [1.165, 1.54) is 13.3 Å². The van der Waals surface area contributed by atoms with Crippen LogP contribution in [0.1, 0.15) is 73.3 Å². The van der Waals surface area contributed by atoms with Gasteiger partial charge in [0.2, 0.25) is 5.88 Å². The third kappa shape index (κ3) is 6.77. The molecule has 9 heteroatoms. The first kappa shape index (κ1) is 32.4. The standard InChI is InChI=1S/C37H45FN2O6/c1-22(37(41)42)36(24-6-7-24)26-8-5-23-10-14-33(46-34(23)16-26)25-9-13-30(31-17-35(45-4)39-18-32(31)38)27(15-25)19-40-28(20-43-2)11-12-29(40)21-44-3/h5,8-9,13,15-18,22,24,28-29,33,36H,6-7,10-12,14,19-21H2,1-4H3,(H,41,42)/t22-,28-,29-,33?,36-/m0/s1. The van der Waals surface area contributed by atoms with Crippen LogP contribution in [-0.4, -0.2) is 67.6 Å². The molecule has 0 bridgehead atoms. The number of hydrogen-bond donors (Lipinski definition) is 1. The number of ether oxygens (including phenoxy) is 4. The molecule has 1 N–H and O–H groups in total. The van der Waals surface area contributed by atoms with Crippen LogP contribution in [0.25, 0.3) is 11.1 Å². The fourth-order valence-electron chi connectivity index (χ4n) is 7.56. The van der Waals surface area contributed by atoms with Gasteiger partial charge in [-0.1, -0.05) is 37.3 Å². The van der Waals surface area contributed by atoms with Crippen molar-refractivity contribution in [2.75, 3.05) is 34.5 Å². The number of aromatic nitrogens is 1. The van der Waals surface area contributed by atoms with Crippen molar-refractivity contribution in [3.05, 3.63) is 76.7 Å².